The maximum Gasteiger partial charge on any atom is 0.414 e. The number of carboxylic acids is 2. The molecule has 0 aromatic heterocycles. The van der Waals surface area contributed by atoms with E-state index in [1.165, 1.54) is 57.4 Å². The Kier molecular flexibility index (Phi) is 8.54. The van der Waals surface area contributed by atoms with Gasteiger partial charge in [0.05, 0.1) is 0 Å². The minimum atomic E-state index is -1.82. The molecular formula is C20H29ClN2O4. The average Bonchev–Trinajstić information content (AvgIpc) is 2.63. The lowest BCUT2D eigenvalue weighted by Crippen LogP contribution is -2.50. The molecule has 2 fully saturated rings. The van der Waals surface area contributed by atoms with E-state index in [2.05, 4.69) is 34.9 Å². The van der Waals surface area contributed by atoms with Gasteiger partial charge in [0.15, 0.2) is 0 Å². The third-order valence-electron chi connectivity index (χ3n) is 5.31. The van der Waals surface area contributed by atoms with E-state index < -0.39 is 11.9 Å². The Bertz CT molecular complexity index is 620. The maximum absolute atomic E-state index is 9.10. The fourth-order valence-corrected chi connectivity index (χ4v) is 4.13. The molecule has 0 bridgehead atoms. The van der Waals surface area contributed by atoms with Gasteiger partial charge >= 0.3 is 11.9 Å². The van der Waals surface area contributed by atoms with Gasteiger partial charge < -0.3 is 10.2 Å². The molecule has 1 aromatic carbocycles. The molecule has 0 amide bonds. The molecule has 150 valence electrons. The Hall–Kier alpha value is -1.63. The van der Waals surface area contributed by atoms with Gasteiger partial charge in [-0.3, -0.25) is 9.80 Å². The highest BCUT2D eigenvalue weighted by Gasteiger charge is 2.27. The Morgan fingerprint density at radius 1 is 1.11 bits per heavy atom. The summed E-state index contributed by atoms with van der Waals surface area (Å²) in [4.78, 5) is 23.5. The highest BCUT2D eigenvalue weighted by atomic mass is 35.5. The summed E-state index contributed by atoms with van der Waals surface area (Å²) in [5, 5.41) is 15.6. The third-order valence-corrected chi connectivity index (χ3v) is 5.55. The molecule has 1 aliphatic carbocycles. The van der Waals surface area contributed by atoms with E-state index in [9.17, 15) is 0 Å². The highest BCUT2D eigenvalue weighted by molar-refractivity contribution is 6.30. The number of piperazine rings is 1. The molecule has 1 saturated heterocycles. The second-order valence-corrected chi connectivity index (χ2v) is 7.91. The molecule has 2 aliphatic rings. The van der Waals surface area contributed by atoms with Crippen LogP contribution in [0.4, 0.5) is 0 Å². The molecule has 7 heteroatoms. The van der Waals surface area contributed by atoms with E-state index in [4.69, 9.17) is 31.4 Å². The van der Waals surface area contributed by atoms with Gasteiger partial charge in [-0.1, -0.05) is 43.5 Å². The van der Waals surface area contributed by atoms with Crippen LogP contribution >= 0.6 is 11.6 Å². The number of aliphatic carboxylic acids is 2. The van der Waals surface area contributed by atoms with Crippen molar-refractivity contribution in [2.24, 2.45) is 5.92 Å². The molecule has 1 heterocycles. The Balaban J connectivity index is 0.000000380. The van der Waals surface area contributed by atoms with E-state index in [0.717, 1.165) is 23.5 Å². The summed E-state index contributed by atoms with van der Waals surface area (Å²) in [5.74, 6) is -2.72. The molecule has 6 nitrogen and oxygen atoms in total. The van der Waals surface area contributed by atoms with E-state index in [0.29, 0.717) is 0 Å². The SMILES string of the molecule is CC1CCCC(N2CCN(Cc3cccc(Cl)c3)CC2)C1.O=C(O)C(=O)O. The van der Waals surface area contributed by atoms with E-state index in [1.807, 2.05) is 6.07 Å². The monoisotopic (exact) mass is 396 g/mol. The van der Waals surface area contributed by atoms with Crippen LogP contribution in [0.2, 0.25) is 5.02 Å². The number of carbonyl (C=O) groups is 2. The van der Waals surface area contributed by atoms with Gasteiger partial charge in [0.1, 0.15) is 0 Å². The summed E-state index contributed by atoms with van der Waals surface area (Å²) < 4.78 is 0. The largest absolute Gasteiger partial charge is 0.473 e. The van der Waals surface area contributed by atoms with Gasteiger partial charge in [-0.25, -0.2) is 9.59 Å². The van der Waals surface area contributed by atoms with Crippen LogP contribution in [0.5, 0.6) is 0 Å². The summed E-state index contributed by atoms with van der Waals surface area (Å²) in [6, 6.07) is 9.13. The number of nitrogens with zero attached hydrogens (tertiary/aromatic N) is 2. The maximum atomic E-state index is 9.10. The van der Waals surface area contributed by atoms with Crippen molar-refractivity contribution < 1.29 is 19.8 Å². The molecule has 2 unspecified atom stereocenters. The van der Waals surface area contributed by atoms with Crippen LogP contribution in [0.15, 0.2) is 24.3 Å². The first-order chi connectivity index (χ1) is 12.8. The Morgan fingerprint density at radius 3 is 2.33 bits per heavy atom. The summed E-state index contributed by atoms with van der Waals surface area (Å²) in [5.41, 5.74) is 1.34. The zero-order chi connectivity index (χ0) is 19.8. The van der Waals surface area contributed by atoms with Crippen LogP contribution in [-0.2, 0) is 16.1 Å². The zero-order valence-corrected chi connectivity index (χ0v) is 16.6. The Labute approximate surface area is 165 Å². The third kappa shape index (κ3) is 7.48. The second-order valence-electron chi connectivity index (χ2n) is 7.48. The first-order valence-electron chi connectivity index (χ1n) is 9.52. The van der Waals surface area contributed by atoms with Crippen molar-refractivity contribution in [1.82, 2.24) is 9.80 Å². The van der Waals surface area contributed by atoms with Gasteiger partial charge in [-0.05, 0) is 36.5 Å². The number of carboxylic acid groups (broad SMARTS) is 2. The topological polar surface area (TPSA) is 81.1 Å². The van der Waals surface area contributed by atoms with Crippen LogP contribution < -0.4 is 0 Å². The molecule has 0 radical (unpaired) electrons. The van der Waals surface area contributed by atoms with Crippen molar-refractivity contribution in [2.45, 2.75) is 45.2 Å². The van der Waals surface area contributed by atoms with Crippen LogP contribution in [0.3, 0.4) is 0 Å². The fraction of sp³-hybridized carbons (Fsp3) is 0.600. The van der Waals surface area contributed by atoms with Crippen molar-refractivity contribution >= 4 is 23.5 Å². The highest BCUT2D eigenvalue weighted by Crippen LogP contribution is 2.28. The van der Waals surface area contributed by atoms with Crippen molar-refractivity contribution in [1.29, 1.82) is 0 Å². The first kappa shape index (κ1) is 21.7. The minimum absolute atomic E-state index is 0.849. The standard InChI is InChI=1S/C18H27ClN2.C2H2O4/c1-15-4-2-7-18(12-15)21-10-8-20(9-11-21)14-16-5-3-6-17(19)13-16;3-1(4)2(5)6/h3,5-6,13,15,18H,2,4,7-12,14H2,1H3;(H,3,4)(H,5,6). The number of hydrogen-bond acceptors (Lipinski definition) is 4. The lowest BCUT2D eigenvalue weighted by atomic mass is 9.86. The fourth-order valence-electron chi connectivity index (χ4n) is 3.91. The molecule has 1 saturated carbocycles. The smallest absolute Gasteiger partial charge is 0.414 e. The molecular weight excluding hydrogens is 368 g/mol. The van der Waals surface area contributed by atoms with E-state index in [1.54, 1.807) is 0 Å². The molecule has 1 aliphatic heterocycles. The van der Waals surface area contributed by atoms with E-state index >= 15 is 0 Å². The number of hydrogen-bond donors (Lipinski definition) is 2. The summed E-state index contributed by atoms with van der Waals surface area (Å²) >= 11 is 6.07. The van der Waals surface area contributed by atoms with Crippen LogP contribution in [0, 0.1) is 5.92 Å². The average molecular weight is 397 g/mol. The molecule has 0 spiro atoms. The summed E-state index contributed by atoms with van der Waals surface area (Å²) in [6.07, 6.45) is 5.69. The Morgan fingerprint density at radius 2 is 1.78 bits per heavy atom. The van der Waals surface area contributed by atoms with Gasteiger partial charge in [-0.2, -0.15) is 0 Å². The molecule has 1 aromatic rings. The summed E-state index contributed by atoms with van der Waals surface area (Å²) in [7, 11) is 0. The van der Waals surface area contributed by atoms with Gasteiger partial charge in [0.25, 0.3) is 0 Å². The number of benzene rings is 1. The van der Waals surface area contributed by atoms with Crippen molar-refractivity contribution in [3.63, 3.8) is 0 Å². The molecule has 2 atom stereocenters. The van der Waals surface area contributed by atoms with Crippen molar-refractivity contribution in [3.8, 4) is 0 Å². The number of rotatable bonds is 3. The van der Waals surface area contributed by atoms with Crippen molar-refractivity contribution in [2.75, 3.05) is 26.2 Å². The zero-order valence-electron chi connectivity index (χ0n) is 15.8. The second kappa shape index (κ2) is 10.6. The summed E-state index contributed by atoms with van der Waals surface area (Å²) in [6.45, 7) is 8.31. The number of halogens is 1. The van der Waals surface area contributed by atoms with Gasteiger partial charge in [0.2, 0.25) is 0 Å². The predicted octanol–water partition coefficient (Wildman–Crippen LogP) is 3.19. The van der Waals surface area contributed by atoms with E-state index in [-0.39, 0.29) is 0 Å². The quantitative estimate of drug-likeness (QED) is 0.763. The normalized spacial score (nSPS) is 23.9. The molecule has 3 rings (SSSR count). The van der Waals surface area contributed by atoms with Crippen molar-refractivity contribution in [3.05, 3.63) is 34.9 Å². The predicted molar refractivity (Wildman–Crippen MR) is 105 cm³/mol. The minimum Gasteiger partial charge on any atom is -0.473 e. The molecule has 2 N–H and O–H groups in total. The molecule has 27 heavy (non-hydrogen) atoms. The lowest BCUT2D eigenvalue weighted by Gasteiger charge is -2.42. The van der Waals surface area contributed by atoms with Crippen LogP contribution in [0.1, 0.15) is 38.2 Å². The van der Waals surface area contributed by atoms with Crippen LogP contribution in [-0.4, -0.2) is 64.2 Å². The van der Waals surface area contributed by atoms with Gasteiger partial charge in [0, 0.05) is 43.8 Å². The first-order valence-corrected chi connectivity index (χ1v) is 9.90. The lowest BCUT2D eigenvalue weighted by molar-refractivity contribution is -0.159. The van der Waals surface area contributed by atoms with Gasteiger partial charge in [-0.15, -0.1) is 0 Å². The van der Waals surface area contributed by atoms with Crippen LogP contribution in [0.25, 0.3) is 0 Å².